The molecule has 1 aliphatic carbocycles. The first kappa shape index (κ1) is 45.1. The summed E-state index contributed by atoms with van der Waals surface area (Å²) in [4.78, 5) is 36.7. The highest BCUT2D eigenvalue weighted by Gasteiger charge is 2.29. The number of amides is 1. The molecule has 11 nitrogen and oxygen atoms in total. The number of nitrogens with zero attached hydrogens (tertiary/aromatic N) is 6. The van der Waals surface area contributed by atoms with Gasteiger partial charge in [0.2, 0.25) is 0 Å². The zero-order valence-corrected chi connectivity index (χ0v) is 39.1. The molecule has 8 aromatic rings. The number of ketones is 1. The van der Waals surface area contributed by atoms with E-state index >= 15 is 0 Å². The molecule has 0 heterocycles. The molecule has 0 aliphatic heterocycles. The summed E-state index contributed by atoms with van der Waals surface area (Å²) in [6.45, 7) is 14.0. The van der Waals surface area contributed by atoms with Crippen LogP contribution >= 0.6 is 0 Å². The van der Waals surface area contributed by atoms with Crippen molar-refractivity contribution < 1.29 is 23.9 Å². The highest BCUT2D eigenvalue weighted by molar-refractivity contribution is 6.22. The molecule has 0 saturated heterocycles. The number of benzene rings is 8. The first-order valence-electron chi connectivity index (χ1n) is 23.1. The number of carbonyl (C=O) groups is 2. The second-order valence-corrected chi connectivity index (χ2v) is 16.5. The van der Waals surface area contributed by atoms with E-state index in [4.69, 9.17) is 29.7 Å². The number of rotatable bonds is 16. The van der Waals surface area contributed by atoms with Crippen molar-refractivity contribution in [3.8, 4) is 22.6 Å². The van der Waals surface area contributed by atoms with Gasteiger partial charge in [0.05, 0.1) is 35.8 Å². The van der Waals surface area contributed by atoms with E-state index in [0.29, 0.717) is 77.2 Å². The van der Waals surface area contributed by atoms with E-state index in [1.807, 2.05) is 148 Å². The van der Waals surface area contributed by atoms with Gasteiger partial charge in [-0.1, -0.05) is 84.9 Å². The van der Waals surface area contributed by atoms with Crippen molar-refractivity contribution >= 4 is 67.4 Å². The first-order valence-corrected chi connectivity index (χ1v) is 23.1. The summed E-state index contributed by atoms with van der Waals surface area (Å²) in [6, 6.07) is 46.8. The van der Waals surface area contributed by atoms with E-state index in [1.165, 1.54) is 0 Å². The van der Waals surface area contributed by atoms with Crippen molar-refractivity contribution in [2.24, 2.45) is 20.5 Å². The van der Waals surface area contributed by atoms with Gasteiger partial charge in [0.1, 0.15) is 18.0 Å². The van der Waals surface area contributed by atoms with Crippen LogP contribution in [0.25, 0.3) is 32.7 Å². The third kappa shape index (κ3) is 8.96. The normalized spacial score (nSPS) is 12.0. The van der Waals surface area contributed by atoms with Crippen LogP contribution in [0.1, 0.15) is 70.7 Å². The van der Waals surface area contributed by atoms with E-state index < -0.39 is 0 Å². The molecular formula is C57H52N6O5. The van der Waals surface area contributed by atoms with Gasteiger partial charge in [-0.05, 0) is 135 Å². The molecule has 9 rings (SSSR count). The molecule has 0 atom stereocenters. The van der Waals surface area contributed by atoms with E-state index in [2.05, 4.69) is 37.2 Å². The van der Waals surface area contributed by atoms with Crippen molar-refractivity contribution in [2.75, 3.05) is 36.3 Å². The topological polar surface area (TPSA) is 118 Å². The lowest BCUT2D eigenvalue weighted by molar-refractivity contribution is 0.0953. The van der Waals surface area contributed by atoms with Crippen LogP contribution in [-0.4, -0.2) is 38.0 Å². The first-order chi connectivity index (χ1) is 33.2. The van der Waals surface area contributed by atoms with Gasteiger partial charge in [0.15, 0.2) is 17.3 Å². The Hall–Kier alpha value is -8.02. The van der Waals surface area contributed by atoms with Crippen LogP contribution in [0.2, 0.25) is 0 Å². The number of hydrogen-bond acceptors (Lipinski definition) is 10. The Bertz CT molecular complexity index is 3290. The molecule has 0 fully saturated rings. The quantitative estimate of drug-likeness (QED) is 0.0704. The third-order valence-electron chi connectivity index (χ3n) is 12.0. The molecule has 1 amide bonds. The number of anilines is 2. The Kier molecular flexibility index (Phi) is 13.2. The van der Waals surface area contributed by atoms with Gasteiger partial charge < -0.3 is 14.4 Å². The molecule has 0 radical (unpaired) electrons. The van der Waals surface area contributed by atoms with Crippen molar-refractivity contribution in [3.63, 3.8) is 0 Å². The Labute approximate surface area is 396 Å². The van der Waals surface area contributed by atoms with E-state index in [1.54, 1.807) is 17.0 Å². The van der Waals surface area contributed by atoms with Crippen molar-refractivity contribution in [3.05, 3.63) is 179 Å². The maximum Gasteiger partial charge on any atom is 0.262 e. The SMILES string of the molecule is CCOc1c(CON(CC)c2cccc(C)c2)cc2ccccc2c1N=Nc1ccc2c(c1)C(=O)c1cc(N=Nc3c(OCC)c(C(=O)N(CC)c4cccc(C)c4)cc4ccccc34)ccc1-2. The summed E-state index contributed by atoms with van der Waals surface area (Å²) in [5.41, 5.74) is 9.80. The molecule has 0 spiro atoms. The smallest absolute Gasteiger partial charge is 0.262 e. The average Bonchev–Trinajstić information content (AvgIpc) is 3.63. The summed E-state index contributed by atoms with van der Waals surface area (Å²) in [5, 5.41) is 24.3. The van der Waals surface area contributed by atoms with Crippen LogP contribution in [0.4, 0.5) is 34.1 Å². The average molecular weight is 901 g/mol. The van der Waals surface area contributed by atoms with Gasteiger partial charge in [-0.2, -0.15) is 10.2 Å². The molecular weight excluding hydrogens is 849 g/mol. The van der Waals surface area contributed by atoms with E-state index in [9.17, 15) is 9.59 Å². The number of hydroxylamine groups is 1. The molecule has 0 unspecified atom stereocenters. The summed E-state index contributed by atoms with van der Waals surface area (Å²) in [7, 11) is 0. The number of fused-ring (bicyclic) bond motifs is 5. The number of aryl methyl sites for hydroxylation is 2. The second kappa shape index (κ2) is 19.8. The lowest BCUT2D eigenvalue weighted by atomic mass is 10.0. The lowest BCUT2D eigenvalue weighted by Crippen LogP contribution is -2.31. The fraction of sp³-hybridized carbons (Fsp3) is 0.193. The zero-order chi connectivity index (χ0) is 47.3. The highest BCUT2D eigenvalue weighted by atomic mass is 16.7. The van der Waals surface area contributed by atoms with Gasteiger partial charge in [-0.25, -0.2) is 0 Å². The number of hydrogen-bond donors (Lipinski definition) is 0. The number of azo groups is 2. The fourth-order valence-electron chi connectivity index (χ4n) is 8.79. The van der Waals surface area contributed by atoms with Crippen LogP contribution < -0.4 is 19.4 Å². The fourth-order valence-corrected chi connectivity index (χ4v) is 8.79. The van der Waals surface area contributed by atoms with Crippen LogP contribution in [0.15, 0.2) is 166 Å². The molecule has 340 valence electrons. The summed E-state index contributed by atoms with van der Waals surface area (Å²) in [5.74, 6) is 0.580. The van der Waals surface area contributed by atoms with Gasteiger partial charge in [-0.3, -0.25) is 19.5 Å². The van der Waals surface area contributed by atoms with Gasteiger partial charge >= 0.3 is 0 Å². The Morgan fingerprint density at radius 1 is 0.529 bits per heavy atom. The minimum Gasteiger partial charge on any atom is -0.491 e. The molecule has 8 aromatic carbocycles. The minimum absolute atomic E-state index is 0.151. The van der Waals surface area contributed by atoms with Crippen LogP contribution in [-0.2, 0) is 11.4 Å². The van der Waals surface area contributed by atoms with Crippen LogP contribution in [0.3, 0.4) is 0 Å². The molecule has 68 heavy (non-hydrogen) atoms. The minimum atomic E-state index is -0.206. The summed E-state index contributed by atoms with van der Waals surface area (Å²) in [6.07, 6.45) is 0. The molecule has 0 saturated carbocycles. The van der Waals surface area contributed by atoms with E-state index in [0.717, 1.165) is 60.7 Å². The predicted octanol–water partition coefficient (Wildman–Crippen LogP) is 15.1. The Morgan fingerprint density at radius 2 is 1.07 bits per heavy atom. The van der Waals surface area contributed by atoms with Gasteiger partial charge in [0, 0.05) is 46.2 Å². The molecule has 0 bridgehead atoms. The lowest BCUT2D eigenvalue weighted by Gasteiger charge is -2.24. The maximum absolute atomic E-state index is 14.4. The largest absolute Gasteiger partial charge is 0.491 e. The second-order valence-electron chi connectivity index (χ2n) is 16.5. The monoisotopic (exact) mass is 900 g/mol. The Morgan fingerprint density at radius 3 is 1.65 bits per heavy atom. The van der Waals surface area contributed by atoms with Gasteiger partial charge in [-0.15, -0.1) is 10.2 Å². The zero-order valence-electron chi connectivity index (χ0n) is 39.1. The van der Waals surface area contributed by atoms with Crippen molar-refractivity contribution in [1.82, 2.24) is 0 Å². The number of carbonyl (C=O) groups excluding carboxylic acids is 2. The third-order valence-corrected chi connectivity index (χ3v) is 12.0. The molecule has 0 aromatic heterocycles. The van der Waals surface area contributed by atoms with Gasteiger partial charge in [0.25, 0.3) is 5.91 Å². The molecule has 1 aliphatic rings. The molecule has 11 heteroatoms. The van der Waals surface area contributed by atoms with Crippen molar-refractivity contribution in [2.45, 2.75) is 48.1 Å². The predicted molar refractivity (Wildman–Crippen MR) is 271 cm³/mol. The van der Waals surface area contributed by atoms with Crippen LogP contribution in [0.5, 0.6) is 11.5 Å². The summed E-state index contributed by atoms with van der Waals surface area (Å²) < 4.78 is 12.5. The molecule has 0 N–H and O–H groups in total. The van der Waals surface area contributed by atoms with Crippen molar-refractivity contribution in [1.29, 1.82) is 0 Å². The Balaban J connectivity index is 1.01. The maximum atomic E-state index is 14.4. The number of ether oxygens (including phenoxy) is 2. The van der Waals surface area contributed by atoms with E-state index in [-0.39, 0.29) is 18.3 Å². The van der Waals surface area contributed by atoms with Crippen LogP contribution in [0, 0.1) is 13.8 Å². The summed E-state index contributed by atoms with van der Waals surface area (Å²) >= 11 is 0. The highest BCUT2D eigenvalue weighted by Crippen LogP contribution is 2.45. The standard InChI is InChI=1S/C57H52N6O5/c1-7-62(43-21-15-17-36(5)29-43)57(65)51-32-39-20-12-14-24-46(39)53(56(51)67-10-4)61-59-42-26-28-48-47-27-25-41(33-49(47)54(64)50(48)34-42)58-60-52-45-23-13-11-19-38(45)31-40(55(52)66-9-3)35-68-63(8-2)44-22-16-18-37(6)30-44/h11-34H,7-10,35H2,1-6H3.